The van der Waals surface area contributed by atoms with Crippen LogP contribution in [-0.4, -0.2) is 47.9 Å². The van der Waals surface area contributed by atoms with Gasteiger partial charge in [-0.25, -0.2) is 14.3 Å². The number of phenols is 1. The van der Waals surface area contributed by atoms with E-state index in [1.807, 2.05) is 30.3 Å². The van der Waals surface area contributed by atoms with Gasteiger partial charge in [0.05, 0.1) is 53.8 Å². The lowest BCUT2D eigenvalue weighted by molar-refractivity contribution is -0.131. The normalized spacial score (nSPS) is 25.9. The Bertz CT molecular complexity index is 2460. The highest BCUT2D eigenvalue weighted by molar-refractivity contribution is 6.32. The van der Waals surface area contributed by atoms with E-state index in [0.29, 0.717) is 33.8 Å². The second-order valence-corrected chi connectivity index (χ2v) is 15.0. The Kier molecular flexibility index (Phi) is 7.91. The number of amides is 4. The average Bonchev–Trinajstić information content (AvgIpc) is 3.79. The predicted octanol–water partition coefficient (Wildman–Crippen LogP) is 7.45. The largest absolute Gasteiger partial charge is 0.502 e. The van der Waals surface area contributed by atoms with Crippen LogP contribution < -0.4 is 19.3 Å². The van der Waals surface area contributed by atoms with E-state index in [-0.39, 0.29) is 46.7 Å². The molecule has 0 spiro atoms. The predicted molar refractivity (Wildman–Crippen MR) is 199 cm³/mol. The third kappa shape index (κ3) is 4.96. The number of halogens is 2. The highest BCUT2D eigenvalue weighted by atomic mass is 35.5. The molecule has 2 aliphatic carbocycles. The van der Waals surface area contributed by atoms with Gasteiger partial charge in [-0.2, -0.15) is 0 Å². The fraction of sp³-hybridized carbons (Fsp3) is 0.262. The van der Waals surface area contributed by atoms with Gasteiger partial charge in [-0.15, -0.1) is 0 Å². The van der Waals surface area contributed by atoms with Crippen molar-refractivity contribution >= 4 is 57.7 Å². The van der Waals surface area contributed by atoms with Crippen LogP contribution in [0.15, 0.2) is 94.9 Å². The average molecular weight is 762 g/mol. The zero-order valence-corrected chi connectivity index (χ0v) is 30.5. The molecule has 1 aromatic heterocycles. The van der Waals surface area contributed by atoms with Gasteiger partial charge in [0, 0.05) is 11.5 Å². The smallest absolute Gasteiger partial charge is 0.241 e. The second kappa shape index (κ2) is 12.5. The zero-order chi connectivity index (χ0) is 38.5. The van der Waals surface area contributed by atoms with Gasteiger partial charge in [-0.05, 0) is 98.0 Å². The maximum absolute atomic E-state index is 14.8. The Labute approximate surface area is 318 Å². The van der Waals surface area contributed by atoms with Gasteiger partial charge in [-0.1, -0.05) is 35.4 Å². The molecule has 3 heterocycles. The molecule has 278 valence electrons. The summed E-state index contributed by atoms with van der Waals surface area (Å²) in [5.41, 5.74) is 2.35. The maximum Gasteiger partial charge on any atom is 0.241 e. The number of aromatic hydroxyl groups is 1. The van der Waals surface area contributed by atoms with Gasteiger partial charge in [-0.3, -0.25) is 24.1 Å². The Hall–Kier alpha value is -6.01. The molecule has 4 aliphatic rings. The number of anilines is 2. The molecule has 9 rings (SSSR count). The Morgan fingerprint density at radius 1 is 0.873 bits per heavy atom. The highest BCUT2D eigenvalue weighted by Gasteiger charge is 2.67. The van der Waals surface area contributed by atoms with Gasteiger partial charge < -0.3 is 19.0 Å². The van der Waals surface area contributed by atoms with Crippen molar-refractivity contribution in [3.8, 4) is 28.7 Å². The van der Waals surface area contributed by atoms with Crippen molar-refractivity contribution in [3.05, 3.63) is 107 Å². The summed E-state index contributed by atoms with van der Waals surface area (Å²) >= 11 is 6.13. The summed E-state index contributed by atoms with van der Waals surface area (Å²) in [6.07, 6.45) is 2.25. The van der Waals surface area contributed by atoms with Gasteiger partial charge >= 0.3 is 0 Å². The van der Waals surface area contributed by atoms with Crippen LogP contribution in [0.1, 0.15) is 31.2 Å². The number of rotatable bonds is 6. The van der Waals surface area contributed by atoms with Crippen LogP contribution in [0.5, 0.6) is 17.2 Å². The number of para-hydroxylation sites is 2. The molecule has 6 atom stereocenters. The Morgan fingerprint density at radius 3 is 2.24 bits per heavy atom. The van der Waals surface area contributed by atoms with Gasteiger partial charge in [0.15, 0.2) is 17.1 Å². The molecule has 3 fully saturated rings. The van der Waals surface area contributed by atoms with E-state index in [1.165, 1.54) is 31.3 Å². The molecule has 1 N–H and O–H groups in total. The van der Waals surface area contributed by atoms with Crippen LogP contribution in [0.3, 0.4) is 0 Å². The number of hydrogen-bond donors (Lipinski definition) is 1. The van der Waals surface area contributed by atoms with Crippen LogP contribution in [0.4, 0.5) is 15.8 Å². The minimum Gasteiger partial charge on any atom is -0.502 e. The molecule has 2 aliphatic heterocycles. The molecule has 11 nitrogen and oxygen atoms in total. The van der Waals surface area contributed by atoms with E-state index in [0.717, 1.165) is 16.5 Å². The molecule has 0 radical (unpaired) electrons. The molecular formula is C42H33ClFN3O8. The topological polar surface area (TPSA) is 139 Å². The fourth-order valence-electron chi connectivity index (χ4n) is 9.35. The maximum atomic E-state index is 14.8. The second-order valence-electron chi connectivity index (χ2n) is 14.6. The van der Waals surface area contributed by atoms with Crippen LogP contribution in [-0.2, 0) is 19.2 Å². The molecular weight excluding hydrogens is 729 g/mol. The number of methoxy groups -OCH3 is 2. The summed E-state index contributed by atoms with van der Waals surface area (Å²) in [5.74, 6) is -6.08. The minimum atomic E-state index is -1.41. The van der Waals surface area contributed by atoms with E-state index >= 15 is 0 Å². The summed E-state index contributed by atoms with van der Waals surface area (Å²) < 4.78 is 31.2. The molecule has 2 saturated heterocycles. The van der Waals surface area contributed by atoms with Crippen LogP contribution in [0.2, 0.25) is 5.02 Å². The molecule has 6 unspecified atom stereocenters. The number of carbonyl (C=O) groups excluding carboxylic acids is 4. The summed E-state index contributed by atoms with van der Waals surface area (Å²) in [5, 5.41) is 10.6. The van der Waals surface area contributed by atoms with Gasteiger partial charge in [0.1, 0.15) is 11.3 Å². The fourth-order valence-corrected chi connectivity index (χ4v) is 9.52. The summed E-state index contributed by atoms with van der Waals surface area (Å²) in [6, 6.07) is 21.1. The number of aromatic nitrogens is 1. The number of carbonyl (C=O) groups is 4. The lowest BCUT2D eigenvalue weighted by Gasteiger charge is -2.49. The first-order valence-corrected chi connectivity index (χ1v) is 18.2. The number of phenolic OH excluding ortho intramolecular Hbond substituents is 1. The Balaban J connectivity index is 1.12. The summed E-state index contributed by atoms with van der Waals surface area (Å²) in [4.78, 5) is 64.8. The number of allylic oxidation sites excluding steroid dienone is 2. The number of fused-ring (bicyclic) bond motifs is 5. The van der Waals surface area contributed by atoms with Crippen molar-refractivity contribution in [2.75, 3.05) is 24.0 Å². The first-order valence-electron chi connectivity index (χ1n) is 17.8. The standard InChI is InChI=1S/C42H33ClFN3O8/c1-42-27(39(50)47(41(42)52)23-12-15-29(44)28(43)18-23)19-26-24(35(42)21-16-32(53-2)36(48)33(17-21)54-3)13-14-25-34(26)40(51)46(38(25)49)22-10-8-20(9-11-22)37-45-30-6-4-5-7-31(30)55-37/h4-13,15-18,25-27,34-35,48H,14,19H2,1-3H3. The van der Waals surface area contributed by atoms with Crippen molar-refractivity contribution in [3.63, 3.8) is 0 Å². The van der Waals surface area contributed by atoms with Crippen LogP contribution in [0, 0.1) is 34.9 Å². The van der Waals surface area contributed by atoms with Gasteiger partial charge in [0.25, 0.3) is 0 Å². The van der Waals surface area contributed by atoms with Crippen molar-refractivity contribution < 1.29 is 42.6 Å². The monoisotopic (exact) mass is 761 g/mol. The number of oxazole rings is 1. The zero-order valence-electron chi connectivity index (χ0n) is 29.8. The van der Waals surface area contributed by atoms with Crippen molar-refractivity contribution in [1.29, 1.82) is 0 Å². The number of benzene rings is 4. The molecule has 4 amide bonds. The quantitative estimate of drug-likeness (QED) is 0.138. The van der Waals surface area contributed by atoms with E-state index < -0.39 is 58.5 Å². The lowest BCUT2D eigenvalue weighted by Crippen LogP contribution is -2.48. The van der Waals surface area contributed by atoms with Crippen molar-refractivity contribution in [1.82, 2.24) is 4.98 Å². The number of hydrogen-bond acceptors (Lipinski definition) is 9. The van der Waals surface area contributed by atoms with Crippen LogP contribution in [0.25, 0.3) is 22.6 Å². The number of imide groups is 2. The third-order valence-electron chi connectivity index (χ3n) is 11.9. The summed E-state index contributed by atoms with van der Waals surface area (Å²) in [6.45, 7) is 1.72. The van der Waals surface area contributed by atoms with E-state index in [1.54, 1.807) is 43.3 Å². The minimum absolute atomic E-state index is 0.0874. The number of nitrogens with zero attached hydrogens (tertiary/aromatic N) is 3. The molecule has 1 saturated carbocycles. The van der Waals surface area contributed by atoms with E-state index in [9.17, 15) is 28.7 Å². The van der Waals surface area contributed by atoms with Crippen LogP contribution >= 0.6 is 11.6 Å². The SMILES string of the molecule is COc1cc(C2C3=CCC4C(=O)N(c5ccc(-c6nc7ccccc7o6)cc5)C(=O)C4C3CC3C(=O)N(c4ccc(F)c(Cl)c4)C(=O)C32C)cc(OC)c1O. The first-order chi connectivity index (χ1) is 26.5. The van der Waals surface area contributed by atoms with Crippen molar-refractivity contribution in [2.24, 2.45) is 29.1 Å². The Morgan fingerprint density at radius 2 is 1.56 bits per heavy atom. The van der Waals surface area contributed by atoms with Crippen molar-refractivity contribution in [2.45, 2.75) is 25.7 Å². The molecule has 4 aromatic carbocycles. The highest BCUT2D eigenvalue weighted by Crippen LogP contribution is 2.64. The first kappa shape index (κ1) is 34.7. The lowest BCUT2D eigenvalue weighted by atomic mass is 9.51. The third-order valence-corrected chi connectivity index (χ3v) is 12.2. The molecule has 13 heteroatoms. The van der Waals surface area contributed by atoms with E-state index in [4.69, 9.17) is 25.5 Å². The van der Waals surface area contributed by atoms with E-state index in [2.05, 4.69) is 4.98 Å². The van der Waals surface area contributed by atoms with Gasteiger partial charge in [0.2, 0.25) is 35.3 Å². The molecule has 0 bridgehead atoms. The molecule has 5 aromatic rings. The molecule has 55 heavy (non-hydrogen) atoms. The summed E-state index contributed by atoms with van der Waals surface area (Å²) in [7, 11) is 2.77. The number of ether oxygens (including phenoxy) is 2.